The molecule has 0 bridgehead atoms. The van der Waals surface area contributed by atoms with E-state index >= 15 is 0 Å². The van der Waals surface area contributed by atoms with Crippen molar-refractivity contribution in [2.45, 2.75) is 17.7 Å². The average Bonchev–Trinajstić information content (AvgIpc) is 3.05. The molecule has 0 spiro atoms. The Hall–Kier alpha value is -3.10. The van der Waals surface area contributed by atoms with Crippen LogP contribution in [0.5, 0.6) is 0 Å². The van der Waals surface area contributed by atoms with Gasteiger partial charge < -0.3 is 0 Å². The van der Waals surface area contributed by atoms with Crippen molar-refractivity contribution < 1.29 is 0 Å². The standard InChI is InChI=1S/C21H16N4S/c1-15-7-9-17(10-8-15)19-11-12-23-20-18(13-22)21(24-25(19)20)26-14-16-5-3-2-4-6-16/h2-12H,14H2,1H3. The Bertz CT molecular complexity index is 1090. The summed E-state index contributed by atoms with van der Waals surface area (Å²) in [6.45, 7) is 2.06. The Morgan fingerprint density at radius 2 is 1.81 bits per heavy atom. The third-order valence-corrected chi connectivity index (χ3v) is 5.20. The average molecular weight is 356 g/mol. The lowest BCUT2D eigenvalue weighted by atomic mass is 10.1. The molecule has 0 saturated carbocycles. The molecule has 26 heavy (non-hydrogen) atoms. The summed E-state index contributed by atoms with van der Waals surface area (Å²) in [4.78, 5) is 4.40. The highest BCUT2D eigenvalue weighted by Gasteiger charge is 2.17. The van der Waals surface area contributed by atoms with E-state index in [2.05, 4.69) is 54.4 Å². The summed E-state index contributed by atoms with van der Waals surface area (Å²) in [5, 5.41) is 15.0. The molecule has 4 aromatic rings. The normalized spacial score (nSPS) is 10.8. The maximum absolute atomic E-state index is 9.64. The second-order valence-electron chi connectivity index (χ2n) is 6.00. The van der Waals surface area contributed by atoms with Crippen molar-refractivity contribution >= 4 is 17.4 Å². The zero-order valence-corrected chi connectivity index (χ0v) is 15.1. The fourth-order valence-electron chi connectivity index (χ4n) is 2.79. The number of nitrogens with zero attached hydrogens (tertiary/aromatic N) is 4. The molecule has 0 atom stereocenters. The molecule has 0 aliphatic rings. The van der Waals surface area contributed by atoms with E-state index in [0.29, 0.717) is 16.2 Å². The van der Waals surface area contributed by atoms with Crippen molar-refractivity contribution in [1.29, 1.82) is 5.26 Å². The lowest BCUT2D eigenvalue weighted by Crippen LogP contribution is -1.96. The number of hydrogen-bond donors (Lipinski definition) is 0. The predicted octanol–water partition coefficient (Wildman–Crippen LogP) is 4.87. The molecule has 5 heteroatoms. The van der Waals surface area contributed by atoms with Crippen LogP contribution in [0.2, 0.25) is 0 Å². The minimum absolute atomic E-state index is 0.528. The van der Waals surface area contributed by atoms with Gasteiger partial charge in [-0.2, -0.15) is 10.4 Å². The van der Waals surface area contributed by atoms with Crippen LogP contribution in [0, 0.1) is 18.3 Å². The molecule has 4 nitrogen and oxygen atoms in total. The number of rotatable bonds is 4. The molecular weight excluding hydrogens is 340 g/mol. The van der Waals surface area contributed by atoms with Gasteiger partial charge in [-0.15, -0.1) is 0 Å². The van der Waals surface area contributed by atoms with Gasteiger partial charge in [-0.05, 0) is 18.6 Å². The molecule has 2 aromatic heterocycles. The molecule has 0 saturated heterocycles. The Labute approximate surface area is 156 Å². The first-order chi connectivity index (χ1) is 12.8. The maximum Gasteiger partial charge on any atom is 0.174 e. The zero-order chi connectivity index (χ0) is 17.9. The van der Waals surface area contributed by atoms with E-state index in [0.717, 1.165) is 17.0 Å². The predicted molar refractivity (Wildman–Crippen MR) is 104 cm³/mol. The topological polar surface area (TPSA) is 54.0 Å². The molecule has 126 valence electrons. The van der Waals surface area contributed by atoms with Crippen LogP contribution in [-0.4, -0.2) is 14.6 Å². The van der Waals surface area contributed by atoms with Crippen LogP contribution in [0.4, 0.5) is 0 Å². The third kappa shape index (κ3) is 3.07. The van der Waals surface area contributed by atoms with E-state index in [9.17, 15) is 5.26 Å². The molecule has 0 fully saturated rings. The number of thioether (sulfide) groups is 1. The van der Waals surface area contributed by atoms with Gasteiger partial charge >= 0.3 is 0 Å². The lowest BCUT2D eigenvalue weighted by molar-refractivity contribution is 0.894. The summed E-state index contributed by atoms with van der Waals surface area (Å²) >= 11 is 1.56. The number of benzene rings is 2. The second kappa shape index (κ2) is 7.03. The van der Waals surface area contributed by atoms with Gasteiger partial charge in [-0.3, -0.25) is 0 Å². The van der Waals surface area contributed by atoms with E-state index in [1.807, 2.05) is 24.3 Å². The van der Waals surface area contributed by atoms with E-state index in [4.69, 9.17) is 5.10 Å². The van der Waals surface area contributed by atoms with Gasteiger partial charge in [-0.25, -0.2) is 9.50 Å². The molecule has 0 radical (unpaired) electrons. The summed E-state index contributed by atoms with van der Waals surface area (Å²) in [6, 6.07) is 22.7. The number of fused-ring (bicyclic) bond motifs is 1. The summed E-state index contributed by atoms with van der Waals surface area (Å²) in [7, 11) is 0. The molecule has 2 aromatic carbocycles. The summed E-state index contributed by atoms with van der Waals surface area (Å²) in [5.41, 5.74) is 5.51. The van der Waals surface area contributed by atoms with E-state index in [1.54, 1.807) is 22.5 Å². The molecule has 4 rings (SSSR count). The van der Waals surface area contributed by atoms with Crippen LogP contribution in [0.3, 0.4) is 0 Å². The SMILES string of the molecule is Cc1ccc(-c2ccnc3c(C#N)c(SCc4ccccc4)nn23)cc1. The van der Waals surface area contributed by atoms with E-state index in [-0.39, 0.29) is 0 Å². The fraction of sp³-hybridized carbons (Fsp3) is 0.0952. The summed E-state index contributed by atoms with van der Waals surface area (Å²) in [6.07, 6.45) is 1.73. The Balaban J connectivity index is 1.76. The first-order valence-corrected chi connectivity index (χ1v) is 9.26. The summed E-state index contributed by atoms with van der Waals surface area (Å²) in [5.74, 6) is 0.763. The quantitative estimate of drug-likeness (QED) is 0.490. The number of aromatic nitrogens is 3. The second-order valence-corrected chi connectivity index (χ2v) is 6.96. The van der Waals surface area contributed by atoms with Crippen molar-refractivity contribution in [2.75, 3.05) is 0 Å². The smallest absolute Gasteiger partial charge is 0.174 e. The Morgan fingerprint density at radius 1 is 1.04 bits per heavy atom. The maximum atomic E-state index is 9.64. The minimum Gasteiger partial charge on any atom is -0.236 e. The monoisotopic (exact) mass is 356 g/mol. The van der Waals surface area contributed by atoms with Gasteiger partial charge in [0.2, 0.25) is 0 Å². The lowest BCUT2D eigenvalue weighted by Gasteiger charge is -2.04. The molecule has 0 unspecified atom stereocenters. The van der Waals surface area contributed by atoms with Crippen molar-refractivity contribution in [3.8, 4) is 17.3 Å². The van der Waals surface area contributed by atoms with Crippen LogP contribution >= 0.6 is 11.8 Å². The first-order valence-electron chi connectivity index (χ1n) is 8.28. The zero-order valence-electron chi connectivity index (χ0n) is 14.3. The van der Waals surface area contributed by atoms with Crippen LogP contribution in [0.15, 0.2) is 71.9 Å². The van der Waals surface area contributed by atoms with E-state index in [1.165, 1.54) is 11.1 Å². The van der Waals surface area contributed by atoms with Crippen molar-refractivity contribution in [2.24, 2.45) is 0 Å². The highest BCUT2D eigenvalue weighted by Crippen LogP contribution is 2.29. The van der Waals surface area contributed by atoms with Crippen LogP contribution in [-0.2, 0) is 5.75 Å². The van der Waals surface area contributed by atoms with Gasteiger partial charge in [0, 0.05) is 17.5 Å². The highest BCUT2D eigenvalue weighted by atomic mass is 32.2. The Kier molecular flexibility index (Phi) is 4.42. The number of aryl methyl sites for hydroxylation is 1. The van der Waals surface area contributed by atoms with Crippen LogP contribution in [0.1, 0.15) is 16.7 Å². The van der Waals surface area contributed by atoms with Crippen LogP contribution in [0.25, 0.3) is 16.9 Å². The van der Waals surface area contributed by atoms with Crippen molar-refractivity contribution in [3.05, 3.63) is 83.6 Å². The van der Waals surface area contributed by atoms with Crippen LogP contribution < -0.4 is 0 Å². The van der Waals surface area contributed by atoms with Gasteiger partial charge in [-0.1, -0.05) is 71.9 Å². The van der Waals surface area contributed by atoms with Crippen molar-refractivity contribution in [3.63, 3.8) is 0 Å². The molecule has 0 aliphatic carbocycles. The first kappa shape index (κ1) is 16.4. The largest absolute Gasteiger partial charge is 0.236 e. The summed E-state index contributed by atoms with van der Waals surface area (Å²) < 4.78 is 1.77. The molecular formula is C21H16N4S. The number of hydrogen-bond acceptors (Lipinski definition) is 4. The van der Waals surface area contributed by atoms with Gasteiger partial charge in [0.1, 0.15) is 16.7 Å². The molecule has 0 N–H and O–H groups in total. The van der Waals surface area contributed by atoms with Crippen molar-refractivity contribution in [1.82, 2.24) is 14.6 Å². The van der Waals surface area contributed by atoms with Gasteiger partial charge in [0.05, 0.1) is 5.69 Å². The third-order valence-electron chi connectivity index (χ3n) is 4.16. The molecule has 0 aliphatic heterocycles. The molecule has 2 heterocycles. The minimum atomic E-state index is 0.528. The van der Waals surface area contributed by atoms with Gasteiger partial charge in [0.15, 0.2) is 5.65 Å². The molecule has 0 amide bonds. The van der Waals surface area contributed by atoms with E-state index < -0.39 is 0 Å². The fourth-order valence-corrected chi connectivity index (χ4v) is 3.71. The van der Waals surface area contributed by atoms with Gasteiger partial charge in [0.25, 0.3) is 0 Å². The number of nitriles is 1. The highest BCUT2D eigenvalue weighted by molar-refractivity contribution is 7.98. The Morgan fingerprint density at radius 3 is 2.54 bits per heavy atom.